The van der Waals surface area contributed by atoms with Gasteiger partial charge in [0.2, 0.25) is 0 Å². The molecule has 0 unspecified atom stereocenters. The summed E-state index contributed by atoms with van der Waals surface area (Å²) in [6.07, 6.45) is 0. The maximum Gasteiger partial charge on any atom is 0.270 e. The van der Waals surface area contributed by atoms with E-state index >= 15 is 0 Å². The third-order valence-corrected chi connectivity index (χ3v) is 3.77. The van der Waals surface area contributed by atoms with Gasteiger partial charge < -0.3 is 10.6 Å². The minimum absolute atomic E-state index is 0.232. The number of benzene rings is 1. The van der Waals surface area contributed by atoms with E-state index in [0.29, 0.717) is 45.5 Å². The number of hydrogen-bond acceptors (Lipinski definition) is 4. The Bertz CT molecular complexity index is 719. The molecule has 2 aromatic rings. The topological polar surface area (TPSA) is 66.9 Å². The average Bonchev–Trinajstić information content (AvgIpc) is 2.49. The van der Waals surface area contributed by atoms with E-state index in [-0.39, 0.29) is 5.91 Å². The normalized spacial score (nSPS) is 10.7. The smallest absolute Gasteiger partial charge is 0.270 e. The van der Waals surface area contributed by atoms with Crippen molar-refractivity contribution in [3.05, 3.63) is 45.8 Å². The Hall–Kier alpha value is -1.85. The summed E-state index contributed by atoms with van der Waals surface area (Å²) in [5.41, 5.74) is 0.921. The van der Waals surface area contributed by atoms with Crippen LogP contribution in [0.1, 0.15) is 30.2 Å². The highest BCUT2D eigenvalue weighted by molar-refractivity contribution is 6.43. The van der Waals surface area contributed by atoms with Crippen LogP contribution in [0.5, 0.6) is 0 Å². The van der Waals surface area contributed by atoms with Crippen LogP contribution in [-0.2, 0) is 0 Å². The zero-order chi connectivity index (χ0) is 17.0. The molecule has 0 saturated heterocycles. The molecule has 0 saturated carbocycles. The molecule has 1 heterocycles. The molecule has 1 aromatic carbocycles. The molecular formula is C16H18Cl2N4O. The first-order valence-electron chi connectivity index (χ1n) is 7.21. The molecular weight excluding hydrogens is 335 g/mol. The number of carbonyl (C=O) groups is 1. The molecule has 122 valence electrons. The van der Waals surface area contributed by atoms with Gasteiger partial charge >= 0.3 is 0 Å². The zero-order valence-corrected chi connectivity index (χ0v) is 14.7. The maximum absolute atomic E-state index is 12.2. The Kier molecular flexibility index (Phi) is 5.80. The lowest BCUT2D eigenvalue weighted by Gasteiger charge is -2.11. The quantitative estimate of drug-likeness (QED) is 0.845. The second-order valence-corrected chi connectivity index (χ2v) is 6.30. The van der Waals surface area contributed by atoms with Crippen LogP contribution >= 0.6 is 23.2 Å². The minimum Gasteiger partial charge on any atom is -0.350 e. The number of halogens is 2. The van der Waals surface area contributed by atoms with Gasteiger partial charge in [0, 0.05) is 12.6 Å². The largest absolute Gasteiger partial charge is 0.350 e. The van der Waals surface area contributed by atoms with Crippen LogP contribution in [-0.4, -0.2) is 22.4 Å². The van der Waals surface area contributed by atoms with Gasteiger partial charge in [0.25, 0.3) is 5.91 Å². The van der Waals surface area contributed by atoms with E-state index in [2.05, 4.69) is 20.6 Å². The number of rotatable bonds is 5. The monoisotopic (exact) mass is 352 g/mol. The van der Waals surface area contributed by atoms with Gasteiger partial charge in [0.15, 0.2) is 0 Å². The number of carbonyl (C=O) groups excluding carboxylic acids is 1. The predicted molar refractivity (Wildman–Crippen MR) is 93.7 cm³/mol. The van der Waals surface area contributed by atoms with Gasteiger partial charge in [-0.3, -0.25) is 4.79 Å². The lowest BCUT2D eigenvalue weighted by molar-refractivity contribution is 0.0943. The van der Waals surface area contributed by atoms with Gasteiger partial charge in [0.05, 0.1) is 15.7 Å². The summed E-state index contributed by atoms with van der Waals surface area (Å²) in [4.78, 5) is 20.6. The Morgan fingerprint density at radius 1 is 1.26 bits per heavy atom. The summed E-state index contributed by atoms with van der Waals surface area (Å²) < 4.78 is 0. The molecule has 2 N–H and O–H groups in total. The van der Waals surface area contributed by atoms with Crippen LogP contribution in [0.4, 0.5) is 11.5 Å². The van der Waals surface area contributed by atoms with Crippen molar-refractivity contribution in [3.8, 4) is 0 Å². The summed E-state index contributed by atoms with van der Waals surface area (Å²) >= 11 is 12.1. The number of aromatic nitrogens is 2. The standard InChI is InChI=1S/C16H18Cl2N4O/c1-9(2)8-19-16(23)13-7-14(21-10(3)20-13)22-12-6-4-5-11(17)15(12)18/h4-7,9H,8H2,1-3H3,(H,19,23)(H,20,21,22). The van der Waals surface area contributed by atoms with Crippen molar-refractivity contribution in [2.24, 2.45) is 5.92 Å². The first kappa shape index (κ1) is 17.5. The molecule has 5 nitrogen and oxygen atoms in total. The van der Waals surface area contributed by atoms with Gasteiger partial charge in [-0.15, -0.1) is 0 Å². The highest BCUT2D eigenvalue weighted by atomic mass is 35.5. The fraction of sp³-hybridized carbons (Fsp3) is 0.312. The van der Waals surface area contributed by atoms with Crippen molar-refractivity contribution in [2.75, 3.05) is 11.9 Å². The molecule has 1 aromatic heterocycles. The zero-order valence-electron chi connectivity index (χ0n) is 13.2. The summed E-state index contributed by atoms with van der Waals surface area (Å²) in [5.74, 6) is 1.10. The van der Waals surface area contributed by atoms with E-state index < -0.39 is 0 Å². The molecule has 0 bridgehead atoms. The molecule has 1 amide bonds. The molecule has 0 spiro atoms. The number of nitrogens with one attached hydrogen (secondary N) is 2. The van der Waals surface area contributed by atoms with E-state index in [9.17, 15) is 4.79 Å². The van der Waals surface area contributed by atoms with E-state index in [1.165, 1.54) is 0 Å². The lowest BCUT2D eigenvalue weighted by Crippen LogP contribution is -2.28. The number of aryl methyl sites for hydroxylation is 1. The highest BCUT2D eigenvalue weighted by Crippen LogP contribution is 2.31. The second-order valence-electron chi connectivity index (χ2n) is 5.52. The molecule has 23 heavy (non-hydrogen) atoms. The van der Waals surface area contributed by atoms with Crippen LogP contribution in [0.2, 0.25) is 10.0 Å². The van der Waals surface area contributed by atoms with Crippen molar-refractivity contribution in [1.29, 1.82) is 0 Å². The number of amides is 1. The van der Waals surface area contributed by atoms with Crippen LogP contribution in [0.25, 0.3) is 0 Å². The lowest BCUT2D eigenvalue weighted by atomic mass is 10.2. The van der Waals surface area contributed by atoms with Crippen LogP contribution in [0.15, 0.2) is 24.3 Å². The summed E-state index contributed by atoms with van der Waals surface area (Å²) in [7, 11) is 0. The van der Waals surface area contributed by atoms with E-state index in [4.69, 9.17) is 23.2 Å². The van der Waals surface area contributed by atoms with Crippen molar-refractivity contribution in [1.82, 2.24) is 15.3 Å². The summed E-state index contributed by atoms with van der Waals surface area (Å²) in [6.45, 7) is 6.37. The Labute approximate surface area is 145 Å². The first-order valence-corrected chi connectivity index (χ1v) is 7.97. The molecule has 0 aliphatic heterocycles. The van der Waals surface area contributed by atoms with Gasteiger partial charge in [-0.2, -0.15) is 0 Å². The maximum atomic E-state index is 12.2. The molecule has 7 heteroatoms. The second kappa shape index (κ2) is 7.62. The molecule has 0 fully saturated rings. The van der Waals surface area contributed by atoms with E-state index in [1.54, 1.807) is 31.2 Å². The molecule has 0 aliphatic rings. The first-order chi connectivity index (χ1) is 10.9. The van der Waals surface area contributed by atoms with E-state index in [1.807, 2.05) is 13.8 Å². The molecule has 2 rings (SSSR count). The molecule has 0 atom stereocenters. The van der Waals surface area contributed by atoms with Crippen LogP contribution < -0.4 is 10.6 Å². The summed E-state index contributed by atoms with van der Waals surface area (Å²) in [6, 6.07) is 6.84. The van der Waals surface area contributed by atoms with Gasteiger partial charge in [-0.1, -0.05) is 43.1 Å². The van der Waals surface area contributed by atoms with E-state index in [0.717, 1.165) is 0 Å². The Morgan fingerprint density at radius 2 is 2.00 bits per heavy atom. The van der Waals surface area contributed by atoms with Gasteiger partial charge in [-0.05, 0) is 25.0 Å². The number of hydrogen-bond donors (Lipinski definition) is 2. The third kappa shape index (κ3) is 4.81. The number of nitrogens with zero attached hydrogens (tertiary/aromatic N) is 2. The Balaban J connectivity index is 2.23. The van der Waals surface area contributed by atoms with Gasteiger partial charge in [0.1, 0.15) is 17.3 Å². The van der Waals surface area contributed by atoms with Crippen molar-refractivity contribution in [3.63, 3.8) is 0 Å². The van der Waals surface area contributed by atoms with Crippen molar-refractivity contribution < 1.29 is 4.79 Å². The average molecular weight is 353 g/mol. The summed E-state index contributed by atoms with van der Waals surface area (Å²) in [5, 5.41) is 6.74. The Morgan fingerprint density at radius 3 is 2.70 bits per heavy atom. The minimum atomic E-state index is -0.232. The predicted octanol–water partition coefficient (Wildman–Crippen LogP) is 4.22. The molecule has 0 aliphatic carbocycles. The van der Waals surface area contributed by atoms with Crippen LogP contribution in [0.3, 0.4) is 0 Å². The van der Waals surface area contributed by atoms with Crippen molar-refractivity contribution >= 4 is 40.6 Å². The molecule has 0 radical (unpaired) electrons. The number of anilines is 2. The highest BCUT2D eigenvalue weighted by Gasteiger charge is 2.12. The third-order valence-electron chi connectivity index (χ3n) is 2.96. The SMILES string of the molecule is Cc1nc(Nc2cccc(Cl)c2Cl)cc(C(=O)NCC(C)C)n1. The van der Waals surface area contributed by atoms with Crippen LogP contribution in [0, 0.1) is 12.8 Å². The fourth-order valence-corrected chi connectivity index (χ4v) is 2.22. The van der Waals surface area contributed by atoms with Gasteiger partial charge in [-0.25, -0.2) is 9.97 Å². The fourth-order valence-electron chi connectivity index (χ4n) is 1.87. The van der Waals surface area contributed by atoms with Crippen molar-refractivity contribution in [2.45, 2.75) is 20.8 Å².